The topological polar surface area (TPSA) is 150 Å². The summed E-state index contributed by atoms with van der Waals surface area (Å²) in [7, 11) is 0. The molecule has 0 bridgehead atoms. The average molecular weight is 385 g/mol. The number of aliphatic hydroxyl groups excluding tert-OH is 1. The Kier molecular flexibility index (Phi) is 16.4. The molecular weight excluding hydrogens is 356 g/mol. The molecule has 0 saturated carbocycles. The summed E-state index contributed by atoms with van der Waals surface area (Å²) in [6, 6.07) is -2.19. The van der Waals surface area contributed by atoms with Gasteiger partial charge in [0.15, 0.2) is 0 Å². The fourth-order valence-corrected chi connectivity index (χ4v) is 2.11. The lowest BCUT2D eigenvalue weighted by Gasteiger charge is -2.12. The summed E-state index contributed by atoms with van der Waals surface area (Å²) >= 11 is 7.99. The lowest BCUT2D eigenvalue weighted by atomic mass is 10.1. The van der Waals surface area contributed by atoms with Crippen LogP contribution in [0.4, 0.5) is 0 Å². The summed E-state index contributed by atoms with van der Waals surface area (Å²) in [6.07, 6.45) is 2.93. The Morgan fingerprint density at radius 3 is 2.08 bits per heavy atom. The first-order valence-electron chi connectivity index (χ1n) is 7.59. The van der Waals surface area contributed by atoms with Gasteiger partial charge in [0.25, 0.3) is 0 Å². The number of aliphatic hydroxyl groups is 1. The van der Waals surface area contributed by atoms with E-state index < -0.39 is 29.9 Å². The van der Waals surface area contributed by atoms with Gasteiger partial charge in [-0.2, -0.15) is 25.3 Å². The van der Waals surface area contributed by atoms with Gasteiger partial charge in [0.05, 0.1) is 0 Å². The third-order valence-corrected chi connectivity index (χ3v) is 3.78. The largest absolute Gasteiger partial charge is 0.480 e. The second-order valence-corrected chi connectivity index (χ2v) is 6.17. The molecule has 0 radical (unpaired) electrons. The number of carbonyl (C=O) groups is 3. The van der Waals surface area contributed by atoms with Crippen molar-refractivity contribution in [1.29, 1.82) is 0 Å². The first-order valence-corrected chi connectivity index (χ1v) is 8.74. The molecule has 6 N–H and O–H groups in total. The molecule has 0 rings (SSSR count). The fraction of sp³-hybridized carbons (Fsp3) is 0.786. The molecule has 0 aromatic rings. The highest BCUT2D eigenvalue weighted by molar-refractivity contribution is 7.81. The standard InChI is InChI=1S/C8H14N2O5S.C6H14OS/c9-4(7(12)13)1-2-6(11)10-5(3-16)8(14)15;1-2-3-6(8)4-5-7/h4-5,16H,1-3,9H2,(H,10,11)(H,12,13)(H,14,15);6-8H,2-5H2,1H3. The van der Waals surface area contributed by atoms with E-state index in [0.717, 1.165) is 19.3 Å². The molecule has 8 nitrogen and oxygen atoms in total. The van der Waals surface area contributed by atoms with Gasteiger partial charge in [-0.15, -0.1) is 0 Å². The normalized spacial score (nSPS) is 13.9. The maximum Gasteiger partial charge on any atom is 0.327 e. The monoisotopic (exact) mass is 384 g/mol. The van der Waals surface area contributed by atoms with E-state index in [1.807, 2.05) is 0 Å². The molecule has 1 amide bonds. The predicted molar refractivity (Wildman–Crippen MR) is 97.6 cm³/mol. The van der Waals surface area contributed by atoms with E-state index in [1.54, 1.807) is 0 Å². The van der Waals surface area contributed by atoms with Crippen molar-refractivity contribution in [3.05, 3.63) is 0 Å². The summed E-state index contributed by atoms with van der Waals surface area (Å²) in [5.74, 6) is -2.98. The van der Waals surface area contributed by atoms with Crippen LogP contribution in [0.1, 0.15) is 39.0 Å². The highest BCUT2D eigenvalue weighted by Gasteiger charge is 2.19. The van der Waals surface area contributed by atoms with Gasteiger partial charge < -0.3 is 26.4 Å². The number of carboxylic acid groups (broad SMARTS) is 2. The number of nitrogens with two attached hydrogens (primary N) is 1. The SMILES string of the molecule is CCCC(S)CCO.NC(CCC(=O)NC(CS)C(=O)O)C(=O)O. The molecule has 0 fully saturated rings. The second kappa shape index (κ2) is 15.6. The Balaban J connectivity index is 0. The third-order valence-electron chi connectivity index (χ3n) is 2.90. The highest BCUT2D eigenvalue weighted by Crippen LogP contribution is 2.07. The molecule has 0 saturated heterocycles. The Morgan fingerprint density at radius 1 is 1.12 bits per heavy atom. The molecule has 24 heavy (non-hydrogen) atoms. The number of amides is 1. The van der Waals surface area contributed by atoms with Crippen LogP contribution in [0.5, 0.6) is 0 Å². The van der Waals surface area contributed by atoms with E-state index in [1.165, 1.54) is 0 Å². The average Bonchev–Trinajstić information content (AvgIpc) is 2.50. The minimum absolute atomic E-state index is 0.0357. The molecule has 3 unspecified atom stereocenters. The first kappa shape index (κ1) is 25.3. The second-order valence-electron chi connectivity index (χ2n) is 5.08. The van der Waals surface area contributed by atoms with Crippen LogP contribution in [-0.2, 0) is 14.4 Å². The van der Waals surface area contributed by atoms with Crippen LogP contribution in [0.15, 0.2) is 0 Å². The predicted octanol–water partition coefficient (Wildman–Crippen LogP) is 0.145. The minimum atomic E-state index is -1.20. The van der Waals surface area contributed by atoms with Crippen LogP contribution in [0.2, 0.25) is 0 Å². The number of hydrogen-bond donors (Lipinski definition) is 7. The van der Waals surface area contributed by atoms with E-state index in [9.17, 15) is 14.4 Å². The van der Waals surface area contributed by atoms with Crippen LogP contribution in [0, 0.1) is 0 Å². The van der Waals surface area contributed by atoms with Crippen molar-refractivity contribution >= 4 is 43.1 Å². The van der Waals surface area contributed by atoms with Crippen LogP contribution in [-0.4, -0.2) is 62.9 Å². The fourth-order valence-electron chi connectivity index (χ4n) is 1.49. The van der Waals surface area contributed by atoms with Gasteiger partial charge in [-0.25, -0.2) is 4.79 Å². The lowest BCUT2D eigenvalue weighted by molar-refractivity contribution is -0.141. The van der Waals surface area contributed by atoms with Gasteiger partial charge in [-0.3, -0.25) is 9.59 Å². The Labute approximate surface area is 153 Å². The van der Waals surface area contributed by atoms with Crippen molar-refractivity contribution < 1.29 is 29.7 Å². The van der Waals surface area contributed by atoms with E-state index in [4.69, 9.17) is 21.1 Å². The first-order chi connectivity index (χ1) is 11.2. The van der Waals surface area contributed by atoms with Gasteiger partial charge in [-0.05, 0) is 19.3 Å². The number of aliphatic carboxylic acids is 2. The molecule has 0 aliphatic heterocycles. The summed E-state index contributed by atoms with van der Waals surface area (Å²) in [4.78, 5) is 32.1. The molecule has 0 aromatic heterocycles. The summed E-state index contributed by atoms with van der Waals surface area (Å²) in [5, 5.41) is 28.1. The van der Waals surface area contributed by atoms with E-state index in [0.29, 0.717) is 5.25 Å². The quantitative estimate of drug-likeness (QED) is 0.250. The maximum absolute atomic E-state index is 11.2. The summed E-state index contributed by atoms with van der Waals surface area (Å²) < 4.78 is 0. The summed E-state index contributed by atoms with van der Waals surface area (Å²) in [6.45, 7) is 2.40. The van der Waals surface area contributed by atoms with Crippen molar-refractivity contribution in [2.24, 2.45) is 5.73 Å². The van der Waals surface area contributed by atoms with Gasteiger partial charge >= 0.3 is 11.9 Å². The number of nitrogens with one attached hydrogen (secondary N) is 1. The molecule has 142 valence electrons. The van der Waals surface area contributed by atoms with Gasteiger partial charge in [0.1, 0.15) is 12.1 Å². The Hall–Kier alpha value is -0.970. The smallest absolute Gasteiger partial charge is 0.327 e. The number of rotatable bonds is 11. The van der Waals surface area contributed by atoms with E-state index in [-0.39, 0.29) is 25.2 Å². The van der Waals surface area contributed by atoms with Crippen molar-refractivity contribution in [3.8, 4) is 0 Å². The number of carboxylic acids is 2. The van der Waals surface area contributed by atoms with Crippen molar-refractivity contribution in [2.45, 2.75) is 56.4 Å². The Morgan fingerprint density at radius 2 is 1.71 bits per heavy atom. The zero-order valence-electron chi connectivity index (χ0n) is 13.7. The van der Waals surface area contributed by atoms with Crippen molar-refractivity contribution in [1.82, 2.24) is 5.32 Å². The maximum atomic E-state index is 11.2. The summed E-state index contributed by atoms with van der Waals surface area (Å²) in [5.41, 5.74) is 5.18. The minimum Gasteiger partial charge on any atom is -0.480 e. The van der Waals surface area contributed by atoms with Crippen LogP contribution in [0.25, 0.3) is 0 Å². The zero-order chi connectivity index (χ0) is 19.1. The van der Waals surface area contributed by atoms with Gasteiger partial charge in [-0.1, -0.05) is 13.3 Å². The number of carbonyl (C=O) groups excluding carboxylic acids is 1. The molecule has 3 atom stereocenters. The zero-order valence-corrected chi connectivity index (χ0v) is 15.5. The van der Waals surface area contributed by atoms with Crippen LogP contribution < -0.4 is 11.1 Å². The number of hydrogen-bond acceptors (Lipinski definition) is 7. The Bertz CT molecular complexity index is 378. The van der Waals surface area contributed by atoms with E-state index >= 15 is 0 Å². The highest BCUT2D eigenvalue weighted by atomic mass is 32.1. The molecule has 0 aliphatic rings. The van der Waals surface area contributed by atoms with Crippen LogP contribution in [0.3, 0.4) is 0 Å². The molecule has 0 aliphatic carbocycles. The van der Waals surface area contributed by atoms with Crippen molar-refractivity contribution in [3.63, 3.8) is 0 Å². The van der Waals surface area contributed by atoms with Gasteiger partial charge in [0, 0.05) is 24.0 Å². The molecule has 0 spiro atoms. The van der Waals surface area contributed by atoms with E-state index in [2.05, 4.69) is 37.5 Å². The third kappa shape index (κ3) is 14.6. The molecule has 10 heteroatoms. The van der Waals surface area contributed by atoms with Crippen molar-refractivity contribution in [2.75, 3.05) is 12.4 Å². The van der Waals surface area contributed by atoms with Gasteiger partial charge in [0.2, 0.25) is 5.91 Å². The van der Waals surface area contributed by atoms with Crippen LogP contribution >= 0.6 is 25.3 Å². The number of thiol groups is 2. The molecular formula is C14H28N2O6S2. The molecule has 0 heterocycles. The lowest BCUT2D eigenvalue weighted by Crippen LogP contribution is -2.42. The molecule has 0 aromatic carbocycles.